The Kier molecular flexibility index (Phi) is 7.06. The van der Waals surface area contributed by atoms with Crippen LogP contribution < -0.4 is 14.9 Å². The Morgan fingerprint density at radius 2 is 2.22 bits per heavy atom. The van der Waals surface area contributed by atoms with Crippen LogP contribution in [0.5, 0.6) is 11.5 Å². The predicted molar refractivity (Wildman–Crippen MR) is 99.9 cm³/mol. The molecule has 0 saturated heterocycles. The van der Waals surface area contributed by atoms with E-state index in [0.29, 0.717) is 23.0 Å². The number of benzene rings is 1. The third-order valence-electron chi connectivity index (χ3n) is 3.24. The molecule has 1 heterocycles. The summed E-state index contributed by atoms with van der Waals surface area (Å²) in [5.74, 6) is -0.0751. The molecule has 144 valence electrons. The number of thiazole rings is 1. The van der Waals surface area contributed by atoms with Gasteiger partial charge in [-0.2, -0.15) is 5.10 Å². The quantitative estimate of drug-likeness (QED) is 0.298. The number of carbonyl (C=O) groups excluding carboxylic acids is 1. The molecular formula is C16H18N4O6S. The lowest BCUT2D eigenvalue weighted by molar-refractivity contribution is -0.385. The number of hydrogen-bond donors (Lipinski definition) is 1. The highest BCUT2D eigenvalue weighted by Gasteiger charge is 2.21. The van der Waals surface area contributed by atoms with Gasteiger partial charge in [0.05, 0.1) is 44.1 Å². The van der Waals surface area contributed by atoms with Gasteiger partial charge < -0.3 is 14.2 Å². The Labute approximate surface area is 158 Å². The zero-order valence-corrected chi connectivity index (χ0v) is 15.7. The van der Waals surface area contributed by atoms with Crippen LogP contribution in [0, 0.1) is 10.1 Å². The number of esters is 1. The second-order valence-corrected chi connectivity index (χ2v) is 5.89. The number of rotatable bonds is 9. The molecule has 0 amide bonds. The van der Waals surface area contributed by atoms with Gasteiger partial charge in [0.15, 0.2) is 5.75 Å². The second kappa shape index (κ2) is 9.48. The molecule has 11 heteroatoms. The van der Waals surface area contributed by atoms with E-state index in [4.69, 9.17) is 9.47 Å². The van der Waals surface area contributed by atoms with Crippen molar-refractivity contribution >= 4 is 34.3 Å². The van der Waals surface area contributed by atoms with Crippen molar-refractivity contribution < 1.29 is 23.9 Å². The minimum atomic E-state index is -0.550. The Morgan fingerprint density at radius 1 is 1.44 bits per heavy atom. The zero-order chi connectivity index (χ0) is 19.8. The number of hydrazone groups is 1. The van der Waals surface area contributed by atoms with Crippen LogP contribution in [0.4, 0.5) is 10.8 Å². The normalized spacial score (nSPS) is 10.6. The van der Waals surface area contributed by atoms with Crippen LogP contribution >= 0.6 is 11.3 Å². The molecule has 1 N–H and O–H groups in total. The summed E-state index contributed by atoms with van der Waals surface area (Å²) in [6.07, 6.45) is 1.47. The molecule has 0 saturated carbocycles. The number of ether oxygens (including phenoxy) is 3. The Balaban J connectivity index is 2.16. The molecule has 0 aliphatic carbocycles. The largest absolute Gasteiger partial charge is 0.490 e. The van der Waals surface area contributed by atoms with E-state index in [1.54, 1.807) is 18.4 Å². The van der Waals surface area contributed by atoms with Crippen molar-refractivity contribution in [3.8, 4) is 11.5 Å². The Bertz CT molecular complexity index is 851. The fraction of sp³-hybridized carbons (Fsp3) is 0.312. The van der Waals surface area contributed by atoms with Crippen molar-refractivity contribution in [2.45, 2.75) is 13.3 Å². The van der Waals surface area contributed by atoms with E-state index >= 15 is 0 Å². The zero-order valence-electron chi connectivity index (χ0n) is 14.9. The highest BCUT2D eigenvalue weighted by Crippen LogP contribution is 2.37. The Morgan fingerprint density at radius 3 is 2.85 bits per heavy atom. The highest BCUT2D eigenvalue weighted by molar-refractivity contribution is 7.13. The number of aromatic nitrogens is 1. The third kappa shape index (κ3) is 5.38. The minimum absolute atomic E-state index is 0.0549. The Hall–Kier alpha value is -3.21. The van der Waals surface area contributed by atoms with Gasteiger partial charge in [-0.25, -0.2) is 4.98 Å². The maximum Gasteiger partial charge on any atom is 0.315 e. The van der Waals surface area contributed by atoms with Gasteiger partial charge in [0, 0.05) is 17.0 Å². The second-order valence-electron chi connectivity index (χ2n) is 5.03. The third-order valence-corrected chi connectivity index (χ3v) is 4.03. The van der Waals surface area contributed by atoms with Crippen LogP contribution in [0.1, 0.15) is 18.2 Å². The predicted octanol–water partition coefficient (Wildman–Crippen LogP) is 2.62. The van der Waals surface area contributed by atoms with Gasteiger partial charge in [0.25, 0.3) is 0 Å². The molecule has 2 rings (SSSR count). The van der Waals surface area contributed by atoms with Crippen LogP contribution in [0.3, 0.4) is 0 Å². The van der Waals surface area contributed by atoms with Gasteiger partial charge in [-0.1, -0.05) is 0 Å². The first kappa shape index (κ1) is 20.1. The number of nitro groups is 1. The van der Waals surface area contributed by atoms with Gasteiger partial charge in [-0.3, -0.25) is 20.3 Å². The molecule has 1 aromatic carbocycles. The summed E-state index contributed by atoms with van der Waals surface area (Å²) in [6.45, 7) is 2.09. The van der Waals surface area contributed by atoms with E-state index < -0.39 is 4.92 Å². The smallest absolute Gasteiger partial charge is 0.315 e. The molecule has 10 nitrogen and oxygen atoms in total. The van der Waals surface area contributed by atoms with Gasteiger partial charge in [-0.05, 0) is 13.0 Å². The van der Waals surface area contributed by atoms with Crippen molar-refractivity contribution in [1.29, 1.82) is 0 Å². The fourth-order valence-electron chi connectivity index (χ4n) is 2.11. The van der Waals surface area contributed by atoms with Gasteiger partial charge in [-0.15, -0.1) is 11.3 Å². The average Bonchev–Trinajstić information content (AvgIpc) is 3.08. The minimum Gasteiger partial charge on any atom is -0.490 e. The van der Waals surface area contributed by atoms with E-state index in [1.165, 1.54) is 37.8 Å². The molecule has 0 unspecified atom stereocenters. The van der Waals surface area contributed by atoms with Crippen molar-refractivity contribution in [2.75, 3.05) is 26.3 Å². The van der Waals surface area contributed by atoms with Crippen LogP contribution in [-0.2, 0) is 16.0 Å². The molecule has 0 aliphatic rings. The summed E-state index contributed by atoms with van der Waals surface area (Å²) < 4.78 is 15.1. The summed E-state index contributed by atoms with van der Waals surface area (Å²) in [6, 6.07) is 2.92. The molecule has 0 atom stereocenters. The summed E-state index contributed by atoms with van der Waals surface area (Å²) >= 11 is 1.27. The van der Waals surface area contributed by atoms with E-state index in [-0.39, 0.29) is 29.6 Å². The van der Waals surface area contributed by atoms with Crippen molar-refractivity contribution in [2.24, 2.45) is 5.10 Å². The summed E-state index contributed by atoms with van der Waals surface area (Å²) in [5.41, 5.74) is 3.50. The number of carbonyl (C=O) groups is 1. The van der Waals surface area contributed by atoms with Gasteiger partial charge >= 0.3 is 11.7 Å². The summed E-state index contributed by atoms with van der Waals surface area (Å²) in [7, 11) is 2.65. The topological polar surface area (TPSA) is 125 Å². The van der Waals surface area contributed by atoms with Crippen LogP contribution in [0.25, 0.3) is 0 Å². The van der Waals surface area contributed by atoms with E-state index in [9.17, 15) is 14.9 Å². The average molecular weight is 394 g/mol. The monoisotopic (exact) mass is 394 g/mol. The summed E-state index contributed by atoms with van der Waals surface area (Å²) in [4.78, 5) is 26.1. The van der Waals surface area contributed by atoms with Crippen LogP contribution in [-0.4, -0.2) is 42.9 Å². The van der Waals surface area contributed by atoms with Gasteiger partial charge in [0.2, 0.25) is 10.9 Å². The molecule has 1 aromatic heterocycles. The first-order chi connectivity index (χ1) is 13.0. The number of nitro benzene ring substituents is 1. The van der Waals surface area contributed by atoms with Crippen LogP contribution in [0.2, 0.25) is 0 Å². The molecular weight excluding hydrogens is 376 g/mol. The first-order valence-corrected chi connectivity index (χ1v) is 8.66. The maximum absolute atomic E-state index is 11.3. The van der Waals surface area contributed by atoms with Crippen LogP contribution in [0.15, 0.2) is 22.6 Å². The molecule has 0 aliphatic heterocycles. The molecule has 0 spiro atoms. The maximum atomic E-state index is 11.3. The first-order valence-electron chi connectivity index (χ1n) is 7.78. The fourth-order valence-corrected chi connectivity index (χ4v) is 2.77. The molecule has 0 radical (unpaired) electrons. The van der Waals surface area contributed by atoms with Crippen molar-refractivity contribution in [3.05, 3.63) is 38.9 Å². The molecule has 0 fully saturated rings. The standard InChI is InChI=1S/C16H18N4O6S/c1-4-26-13-6-10(5-12(20(22)23)15(13)25-3)8-17-19-16-18-11(9-27-16)7-14(21)24-2/h5-6,8-9H,4,7H2,1-3H3,(H,18,19)/b17-8-. The number of nitrogens with zero attached hydrogens (tertiary/aromatic N) is 3. The van der Waals surface area contributed by atoms with Gasteiger partial charge in [0.1, 0.15) is 0 Å². The van der Waals surface area contributed by atoms with E-state index in [1.807, 2.05) is 0 Å². The van der Waals surface area contributed by atoms with Crippen molar-refractivity contribution in [1.82, 2.24) is 4.98 Å². The van der Waals surface area contributed by atoms with E-state index in [2.05, 4.69) is 20.2 Å². The lowest BCUT2D eigenvalue weighted by Gasteiger charge is -2.10. The van der Waals surface area contributed by atoms with E-state index in [0.717, 1.165) is 0 Å². The molecule has 27 heavy (non-hydrogen) atoms. The van der Waals surface area contributed by atoms with Crippen molar-refractivity contribution in [3.63, 3.8) is 0 Å². The molecule has 0 bridgehead atoms. The molecule has 2 aromatic rings. The number of anilines is 1. The lowest BCUT2D eigenvalue weighted by atomic mass is 10.2. The summed E-state index contributed by atoms with van der Waals surface area (Å²) in [5, 5.41) is 17.5. The SMILES string of the molecule is CCOc1cc(/C=N\Nc2nc(CC(=O)OC)cs2)cc([N+](=O)[O-])c1OC. The highest BCUT2D eigenvalue weighted by atomic mass is 32.1. The number of hydrogen-bond acceptors (Lipinski definition) is 10. The number of methoxy groups -OCH3 is 2. The number of nitrogens with one attached hydrogen (secondary N) is 1. The lowest BCUT2D eigenvalue weighted by Crippen LogP contribution is -2.04.